The Bertz CT molecular complexity index is 365. The number of hydrogen-bond donors (Lipinski definition) is 0. The molecule has 0 saturated carbocycles. The van der Waals surface area contributed by atoms with E-state index in [-0.39, 0.29) is 5.82 Å². The van der Waals surface area contributed by atoms with Crippen molar-refractivity contribution in [3.63, 3.8) is 0 Å². The van der Waals surface area contributed by atoms with Crippen LogP contribution in [0, 0.1) is 5.82 Å². The predicted molar refractivity (Wildman–Crippen MR) is 48.9 cm³/mol. The van der Waals surface area contributed by atoms with Crippen molar-refractivity contribution < 1.29 is 9.13 Å². The summed E-state index contributed by atoms with van der Waals surface area (Å²) in [7, 11) is 0. The van der Waals surface area contributed by atoms with Crippen molar-refractivity contribution in [3.05, 3.63) is 29.6 Å². The van der Waals surface area contributed by atoms with Crippen molar-refractivity contribution in [2.45, 2.75) is 6.42 Å². The van der Waals surface area contributed by atoms with Gasteiger partial charge in [0.25, 0.3) is 0 Å². The Morgan fingerprint density at radius 2 is 2.31 bits per heavy atom. The molecule has 0 unspecified atom stereocenters. The Morgan fingerprint density at radius 3 is 3.08 bits per heavy atom. The third kappa shape index (κ3) is 1.52. The summed E-state index contributed by atoms with van der Waals surface area (Å²) in [5.74, 6) is 0.342. The maximum Gasteiger partial charge on any atom is 0.128 e. The average Bonchev–Trinajstić information content (AvgIpc) is 2.17. The Morgan fingerprint density at radius 1 is 1.46 bits per heavy atom. The van der Waals surface area contributed by atoms with Crippen molar-refractivity contribution >= 4 is 17.5 Å². The molecule has 0 bridgehead atoms. The molecule has 1 aromatic rings. The second-order valence-electron chi connectivity index (χ2n) is 2.77. The molecule has 2 nitrogen and oxygen atoms in total. The highest BCUT2D eigenvalue weighted by Gasteiger charge is 2.16. The smallest absolute Gasteiger partial charge is 0.128 e. The fourth-order valence-electron chi connectivity index (χ4n) is 1.33. The highest BCUT2D eigenvalue weighted by Crippen LogP contribution is 2.25. The molecule has 0 amide bonds. The van der Waals surface area contributed by atoms with Gasteiger partial charge in [0, 0.05) is 23.8 Å². The van der Waals surface area contributed by atoms with Crippen LogP contribution in [0.2, 0.25) is 0 Å². The van der Waals surface area contributed by atoms with Gasteiger partial charge in [0.15, 0.2) is 0 Å². The van der Waals surface area contributed by atoms with Crippen LogP contribution in [0.3, 0.4) is 0 Å². The molecule has 1 heterocycles. The first-order valence-electron chi connectivity index (χ1n) is 3.92. The minimum absolute atomic E-state index is 0.304. The van der Waals surface area contributed by atoms with E-state index in [1.807, 2.05) is 0 Å². The van der Waals surface area contributed by atoms with Crippen LogP contribution in [0.1, 0.15) is 12.0 Å². The lowest BCUT2D eigenvalue weighted by atomic mass is 10.0. The van der Waals surface area contributed by atoms with E-state index in [1.54, 1.807) is 6.07 Å². The van der Waals surface area contributed by atoms with E-state index in [0.29, 0.717) is 30.1 Å². The molecule has 0 spiro atoms. The maximum absolute atomic E-state index is 12.9. The van der Waals surface area contributed by atoms with Crippen molar-refractivity contribution in [2.24, 2.45) is 4.51 Å². The highest BCUT2D eigenvalue weighted by molar-refractivity contribution is 6.23. The van der Waals surface area contributed by atoms with Gasteiger partial charge in [-0.05, 0) is 18.2 Å². The monoisotopic (exact) mass is 199 g/mol. The molecular formula is C9H7ClFNO. The van der Waals surface area contributed by atoms with Gasteiger partial charge in [-0.15, -0.1) is 0 Å². The second-order valence-corrected chi connectivity index (χ2v) is 2.94. The molecule has 68 valence electrons. The number of ether oxygens (including phenoxy) is 1. The SMILES string of the molecule is Fc1ccc2c(c1)/C(=N/Cl)CCO2. The molecule has 1 aliphatic heterocycles. The lowest BCUT2D eigenvalue weighted by Crippen LogP contribution is -2.15. The van der Waals surface area contributed by atoms with Crippen LogP contribution < -0.4 is 4.74 Å². The van der Waals surface area contributed by atoms with Crippen LogP contribution >= 0.6 is 11.8 Å². The minimum atomic E-state index is -0.304. The van der Waals surface area contributed by atoms with E-state index in [0.717, 1.165) is 0 Å². The third-order valence-electron chi connectivity index (χ3n) is 1.95. The molecule has 4 heteroatoms. The quantitative estimate of drug-likeness (QED) is 0.629. The lowest BCUT2D eigenvalue weighted by Gasteiger charge is -2.17. The van der Waals surface area contributed by atoms with Gasteiger partial charge >= 0.3 is 0 Å². The molecule has 0 atom stereocenters. The first-order chi connectivity index (χ1) is 6.31. The molecule has 13 heavy (non-hydrogen) atoms. The van der Waals surface area contributed by atoms with Gasteiger partial charge in [-0.25, -0.2) is 4.39 Å². The summed E-state index contributed by atoms with van der Waals surface area (Å²) in [6.07, 6.45) is 0.625. The summed E-state index contributed by atoms with van der Waals surface area (Å²) >= 11 is 5.37. The van der Waals surface area contributed by atoms with Gasteiger partial charge in [-0.2, -0.15) is 4.51 Å². The molecule has 1 aromatic carbocycles. The van der Waals surface area contributed by atoms with Gasteiger partial charge in [0.05, 0.1) is 12.3 Å². The van der Waals surface area contributed by atoms with Gasteiger partial charge in [-0.1, -0.05) is 0 Å². The van der Waals surface area contributed by atoms with E-state index >= 15 is 0 Å². The van der Waals surface area contributed by atoms with Crippen LogP contribution in [0.5, 0.6) is 5.75 Å². The first-order valence-corrected chi connectivity index (χ1v) is 4.25. The number of halogens is 2. The third-order valence-corrected chi connectivity index (χ3v) is 2.16. The van der Waals surface area contributed by atoms with Gasteiger partial charge in [0.1, 0.15) is 11.6 Å². The fraction of sp³-hybridized carbons (Fsp3) is 0.222. The van der Waals surface area contributed by atoms with E-state index in [2.05, 4.69) is 4.51 Å². The maximum atomic E-state index is 12.9. The summed E-state index contributed by atoms with van der Waals surface area (Å²) in [6, 6.07) is 4.33. The molecule has 0 radical (unpaired) electrons. The van der Waals surface area contributed by atoms with Gasteiger partial charge in [-0.3, -0.25) is 0 Å². The zero-order chi connectivity index (χ0) is 9.26. The molecule has 0 fully saturated rings. The van der Waals surface area contributed by atoms with E-state index in [1.165, 1.54) is 12.1 Å². The average molecular weight is 200 g/mol. The summed E-state index contributed by atoms with van der Waals surface area (Å²) in [4.78, 5) is 0. The highest BCUT2D eigenvalue weighted by atomic mass is 35.5. The van der Waals surface area contributed by atoms with Crippen molar-refractivity contribution in [3.8, 4) is 5.75 Å². The number of rotatable bonds is 0. The van der Waals surface area contributed by atoms with Crippen molar-refractivity contribution in [2.75, 3.05) is 6.61 Å². The molecule has 2 rings (SSSR count). The standard InChI is InChI=1S/C9H7ClFNO/c10-12-8-3-4-13-9-2-1-6(11)5-7(8)9/h1-2,5H,3-4H2/b12-8+. The van der Waals surface area contributed by atoms with Crippen molar-refractivity contribution in [1.82, 2.24) is 0 Å². The molecule has 1 aliphatic rings. The van der Waals surface area contributed by atoms with Crippen LogP contribution in [-0.2, 0) is 0 Å². The van der Waals surface area contributed by atoms with E-state index in [9.17, 15) is 4.39 Å². The van der Waals surface area contributed by atoms with E-state index in [4.69, 9.17) is 16.5 Å². The lowest BCUT2D eigenvalue weighted by molar-refractivity contribution is 0.320. The Labute approximate surface area is 80.1 Å². The number of fused-ring (bicyclic) bond motifs is 1. The van der Waals surface area contributed by atoms with Gasteiger partial charge in [0.2, 0.25) is 0 Å². The predicted octanol–water partition coefficient (Wildman–Crippen LogP) is 2.55. The summed E-state index contributed by atoms with van der Waals surface area (Å²) in [6.45, 7) is 0.546. The second kappa shape index (κ2) is 3.34. The number of nitrogens with zero attached hydrogens (tertiary/aromatic N) is 1. The molecular weight excluding hydrogens is 193 g/mol. The normalized spacial score (nSPS) is 18.2. The molecule has 0 aromatic heterocycles. The van der Waals surface area contributed by atoms with Crippen LogP contribution in [0.4, 0.5) is 4.39 Å². The number of benzene rings is 1. The largest absolute Gasteiger partial charge is 0.492 e. The first kappa shape index (κ1) is 8.51. The van der Waals surface area contributed by atoms with Crippen LogP contribution in [0.15, 0.2) is 22.7 Å². The fourth-order valence-corrected chi connectivity index (χ4v) is 1.51. The summed E-state index contributed by atoms with van der Waals surface area (Å²) in [5, 5.41) is 0. The summed E-state index contributed by atoms with van der Waals surface area (Å²) in [5.41, 5.74) is 1.34. The topological polar surface area (TPSA) is 21.6 Å². The van der Waals surface area contributed by atoms with Crippen LogP contribution in [-0.4, -0.2) is 12.3 Å². The Kier molecular flexibility index (Phi) is 2.19. The molecule has 0 N–H and O–H groups in total. The Hall–Kier alpha value is -1.09. The Balaban J connectivity index is 2.54. The molecule has 0 aliphatic carbocycles. The summed E-state index contributed by atoms with van der Waals surface area (Å²) < 4.78 is 21.7. The number of hydrogen-bond acceptors (Lipinski definition) is 2. The molecule has 0 saturated heterocycles. The van der Waals surface area contributed by atoms with Crippen molar-refractivity contribution in [1.29, 1.82) is 0 Å². The van der Waals surface area contributed by atoms with Crippen LogP contribution in [0.25, 0.3) is 0 Å². The minimum Gasteiger partial charge on any atom is -0.492 e. The van der Waals surface area contributed by atoms with Gasteiger partial charge < -0.3 is 4.74 Å². The van der Waals surface area contributed by atoms with E-state index < -0.39 is 0 Å². The zero-order valence-electron chi connectivity index (χ0n) is 6.76. The zero-order valence-corrected chi connectivity index (χ0v) is 7.51.